The third-order valence-corrected chi connectivity index (χ3v) is 6.04. The Hall–Kier alpha value is -3.66. The van der Waals surface area contributed by atoms with Crippen LogP contribution in [0.5, 0.6) is 0 Å². The molecule has 0 aliphatic heterocycles. The molecule has 0 unspecified atom stereocenters. The molecule has 1 aromatic carbocycles. The van der Waals surface area contributed by atoms with E-state index < -0.39 is 11.7 Å². The summed E-state index contributed by atoms with van der Waals surface area (Å²) in [4.78, 5) is 25.4. The van der Waals surface area contributed by atoms with Gasteiger partial charge < -0.3 is 15.0 Å². The number of azo groups is 1. The van der Waals surface area contributed by atoms with Gasteiger partial charge in [-0.3, -0.25) is 4.98 Å². The van der Waals surface area contributed by atoms with Crippen LogP contribution < -0.4 is 5.73 Å². The van der Waals surface area contributed by atoms with E-state index in [0.29, 0.717) is 29.8 Å². The third kappa shape index (κ3) is 5.37. The van der Waals surface area contributed by atoms with Crippen molar-refractivity contribution in [1.82, 2.24) is 19.5 Å². The van der Waals surface area contributed by atoms with Crippen molar-refractivity contribution in [1.29, 1.82) is 0 Å². The Morgan fingerprint density at radius 1 is 1.29 bits per heavy atom. The molecule has 1 atom stereocenters. The quantitative estimate of drug-likeness (QED) is 0.227. The van der Waals surface area contributed by atoms with Gasteiger partial charge in [-0.25, -0.2) is 14.8 Å². The summed E-state index contributed by atoms with van der Waals surface area (Å²) in [5.41, 5.74) is 8.89. The zero-order valence-corrected chi connectivity index (χ0v) is 21.4. The van der Waals surface area contributed by atoms with Crippen molar-refractivity contribution in [3.63, 3.8) is 0 Å². The molecule has 0 fully saturated rings. The molecule has 0 saturated heterocycles. The number of nitrogens with zero attached hydrogens (tertiary/aromatic N) is 6. The molecule has 0 aliphatic carbocycles. The topological polar surface area (TPSA) is 121 Å². The molecule has 35 heavy (non-hydrogen) atoms. The largest absolute Gasteiger partial charge is 0.452 e. The van der Waals surface area contributed by atoms with Gasteiger partial charge in [0.2, 0.25) is 0 Å². The molecule has 2 N–H and O–H groups in total. The highest BCUT2D eigenvalue weighted by atomic mass is 79.9. The van der Waals surface area contributed by atoms with Crippen molar-refractivity contribution in [2.75, 3.05) is 5.73 Å². The number of halogens is 1. The average molecular weight is 536 g/mol. The van der Waals surface area contributed by atoms with E-state index in [1.807, 2.05) is 35.0 Å². The summed E-state index contributed by atoms with van der Waals surface area (Å²) in [6, 6.07) is 9.57. The van der Waals surface area contributed by atoms with Gasteiger partial charge >= 0.3 is 6.09 Å². The molecule has 0 bridgehead atoms. The van der Waals surface area contributed by atoms with Crippen molar-refractivity contribution >= 4 is 49.8 Å². The second-order valence-corrected chi connectivity index (χ2v) is 9.78. The minimum Gasteiger partial charge on any atom is -0.441 e. The van der Waals surface area contributed by atoms with E-state index in [1.165, 1.54) is 6.33 Å². The number of hydrogen-bond acceptors (Lipinski definition) is 7. The first-order chi connectivity index (χ1) is 16.7. The van der Waals surface area contributed by atoms with E-state index in [2.05, 4.69) is 53.8 Å². The maximum absolute atomic E-state index is 12.1. The van der Waals surface area contributed by atoms with E-state index >= 15 is 0 Å². The van der Waals surface area contributed by atoms with Gasteiger partial charge in [-0.05, 0) is 55.3 Å². The summed E-state index contributed by atoms with van der Waals surface area (Å²) in [6.07, 6.45) is 4.72. The van der Waals surface area contributed by atoms with Crippen LogP contribution in [0.1, 0.15) is 27.2 Å². The normalized spacial score (nSPS) is 12.9. The number of benzene rings is 1. The van der Waals surface area contributed by atoms with Gasteiger partial charge in [-0.2, -0.15) is 5.11 Å². The number of carbonyl (C=O) groups is 1. The van der Waals surface area contributed by atoms with Crippen molar-refractivity contribution in [3.8, 4) is 11.1 Å². The fourth-order valence-electron chi connectivity index (χ4n) is 3.78. The number of fused-ring (bicyclic) bond motifs is 2. The van der Waals surface area contributed by atoms with E-state index in [9.17, 15) is 4.79 Å². The highest BCUT2D eigenvalue weighted by molar-refractivity contribution is 9.10. The smallest absolute Gasteiger partial charge is 0.441 e. The summed E-state index contributed by atoms with van der Waals surface area (Å²) in [5.74, 6) is 0.355. The van der Waals surface area contributed by atoms with E-state index in [-0.39, 0.29) is 6.04 Å². The molecule has 0 radical (unpaired) electrons. The standard InChI is InChI=1S/C25H26BrN7O2/c1-5-8-17(31-32-24(34)35-25(2,3)4)13-33-21(26)19(20-22(27)29-14-30-23(20)33)16-11-15-9-6-7-10-18(15)28-12-16/h5-7,9-12,14,17H,1,8,13H2,2-4H3,(H2,27,29,30)/t17-/m1/s1. The number of carbonyl (C=O) groups excluding carboxylic acids is 1. The lowest BCUT2D eigenvalue weighted by molar-refractivity contribution is 0.0587. The lowest BCUT2D eigenvalue weighted by Gasteiger charge is -2.17. The molecule has 180 valence electrons. The van der Waals surface area contributed by atoms with Crippen LogP contribution in [0.15, 0.2) is 70.3 Å². The third-order valence-electron chi connectivity index (χ3n) is 5.21. The van der Waals surface area contributed by atoms with Crippen LogP contribution in [-0.2, 0) is 11.3 Å². The van der Waals surface area contributed by atoms with Crippen LogP contribution in [0.25, 0.3) is 33.1 Å². The molecule has 3 heterocycles. The Labute approximate surface area is 211 Å². The Balaban J connectivity index is 1.77. The molecule has 1 amide bonds. The maximum Gasteiger partial charge on any atom is 0.452 e. The number of pyridine rings is 1. The fourth-order valence-corrected chi connectivity index (χ4v) is 4.52. The minimum absolute atomic E-state index is 0.355. The van der Waals surface area contributed by atoms with Gasteiger partial charge in [-0.1, -0.05) is 29.4 Å². The number of aromatic nitrogens is 4. The Morgan fingerprint density at radius 2 is 2.06 bits per heavy atom. The van der Waals surface area contributed by atoms with Gasteiger partial charge in [0.1, 0.15) is 23.4 Å². The second-order valence-electron chi connectivity index (χ2n) is 9.02. The second kappa shape index (κ2) is 9.91. The summed E-state index contributed by atoms with van der Waals surface area (Å²) in [6.45, 7) is 9.51. The Morgan fingerprint density at radius 3 is 2.80 bits per heavy atom. The van der Waals surface area contributed by atoms with Crippen molar-refractivity contribution in [3.05, 3.63) is 60.1 Å². The summed E-state index contributed by atoms with van der Waals surface area (Å²) in [7, 11) is 0. The number of nitrogen functional groups attached to an aromatic ring is 1. The molecule has 9 nitrogen and oxygen atoms in total. The fraction of sp³-hybridized carbons (Fsp3) is 0.280. The number of rotatable bonds is 6. The van der Waals surface area contributed by atoms with Gasteiger partial charge in [-0.15, -0.1) is 6.58 Å². The predicted octanol–water partition coefficient (Wildman–Crippen LogP) is 6.32. The number of nitrogens with two attached hydrogens (primary N) is 1. The first kappa shape index (κ1) is 24.5. The molecular weight excluding hydrogens is 510 g/mol. The van der Waals surface area contributed by atoms with Gasteiger partial charge in [0.05, 0.1) is 21.5 Å². The van der Waals surface area contributed by atoms with E-state index in [1.54, 1.807) is 26.8 Å². The predicted molar refractivity (Wildman–Crippen MR) is 140 cm³/mol. The lowest BCUT2D eigenvalue weighted by atomic mass is 10.1. The van der Waals surface area contributed by atoms with Gasteiger partial charge in [0, 0.05) is 29.3 Å². The summed E-state index contributed by atoms with van der Waals surface area (Å²) in [5, 5.41) is 9.72. The van der Waals surface area contributed by atoms with E-state index in [0.717, 1.165) is 26.6 Å². The number of hydrogen-bond donors (Lipinski definition) is 1. The molecule has 4 rings (SSSR count). The Kier molecular flexibility index (Phi) is 6.93. The molecule has 0 aliphatic rings. The van der Waals surface area contributed by atoms with Crippen LogP contribution in [0.4, 0.5) is 10.6 Å². The van der Waals surface area contributed by atoms with Gasteiger partial charge in [0.15, 0.2) is 0 Å². The number of amides is 1. The molecule has 4 aromatic rings. The van der Waals surface area contributed by atoms with Crippen molar-refractivity contribution < 1.29 is 9.53 Å². The van der Waals surface area contributed by atoms with Crippen molar-refractivity contribution in [2.45, 2.75) is 45.4 Å². The minimum atomic E-state index is -0.738. The summed E-state index contributed by atoms with van der Waals surface area (Å²) < 4.78 is 7.93. The summed E-state index contributed by atoms with van der Waals surface area (Å²) >= 11 is 3.75. The molecule has 10 heteroatoms. The van der Waals surface area contributed by atoms with Crippen LogP contribution >= 0.6 is 15.9 Å². The number of anilines is 1. The average Bonchev–Trinajstić information content (AvgIpc) is 3.08. The monoisotopic (exact) mass is 535 g/mol. The van der Waals surface area contributed by atoms with Crippen LogP contribution in [-0.4, -0.2) is 37.3 Å². The lowest BCUT2D eigenvalue weighted by Crippen LogP contribution is -2.22. The number of para-hydroxylation sites is 1. The van der Waals surface area contributed by atoms with Crippen LogP contribution in [0.2, 0.25) is 0 Å². The highest BCUT2D eigenvalue weighted by Gasteiger charge is 2.23. The first-order valence-corrected chi connectivity index (χ1v) is 11.9. The zero-order chi connectivity index (χ0) is 25.2. The van der Waals surface area contributed by atoms with Crippen molar-refractivity contribution in [2.24, 2.45) is 10.2 Å². The molecule has 3 aromatic heterocycles. The first-order valence-electron chi connectivity index (χ1n) is 11.1. The molecule has 0 spiro atoms. The number of ether oxygens (including phenoxy) is 1. The highest BCUT2D eigenvalue weighted by Crippen LogP contribution is 2.40. The van der Waals surface area contributed by atoms with E-state index in [4.69, 9.17) is 10.5 Å². The zero-order valence-electron chi connectivity index (χ0n) is 19.8. The molecule has 0 saturated carbocycles. The van der Waals surface area contributed by atoms with Gasteiger partial charge in [0.25, 0.3) is 0 Å². The van der Waals surface area contributed by atoms with Crippen LogP contribution in [0.3, 0.4) is 0 Å². The SMILES string of the molecule is C=CC[C@H](Cn1c(Br)c(-c2cnc3ccccc3c2)c2c(N)ncnc21)N=NC(=O)OC(C)(C)C. The van der Waals surface area contributed by atoms with Crippen LogP contribution in [0, 0.1) is 0 Å². The molecular formula is C25H26BrN7O2. The Bertz CT molecular complexity index is 1440. The maximum atomic E-state index is 12.1.